The molecule has 3 nitrogen and oxygen atoms in total. The van der Waals surface area contributed by atoms with E-state index in [0.29, 0.717) is 5.92 Å². The smallest absolute Gasteiger partial charge is 0.0926 e. The van der Waals surface area contributed by atoms with Crippen LogP contribution in [-0.2, 0) is 13.5 Å². The molecule has 3 heteroatoms. The summed E-state index contributed by atoms with van der Waals surface area (Å²) in [7, 11) is 2.07. The minimum atomic E-state index is 0.650. The zero-order chi connectivity index (χ0) is 13.9. The van der Waals surface area contributed by atoms with Gasteiger partial charge in [-0.1, -0.05) is 31.2 Å². The van der Waals surface area contributed by atoms with Gasteiger partial charge in [-0.05, 0) is 44.0 Å². The molecular weight excluding hydrogens is 246 g/mol. The van der Waals surface area contributed by atoms with E-state index in [0.717, 1.165) is 25.2 Å². The molecule has 0 unspecified atom stereocenters. The van der Waals surface area contributed by atoms with Gasteiger partial charge in [-0.3, -0.25) is 4.68 Å². The SMILES string of the molecule is CCc1ccc(-c2cc(C3CCNCC3)n(C)n2)cc1. The molecule has 1 aromatic heterocycles. The van der Waals surface area contributed by atoms with Crippen LogP contribution >= 0.6 is 0 Å². The fraction of sp³-hybridized carbons (Fsp3) is 0.471. The number of hydrogen-bond donors (Lipinski definition) is 1. The van der Waals surface area contributed by atoms with Gasteiger partial charge in [0.15, 0.2) is 0 Å². The Morgan fingerprint density at radius 1 is 1.20 bits per heavy atom. The topological polar surface area (TPSA) is 29.9 Å². The number of piperidine rings is 1. The van der Waals surface area contributed by atoms with Crippen molar-refractivity contribution in [3.8, 4) is 11.3 Å². The molecule has 1 saturated heterocycles. The highest BCUT2D eigenvalue weighted by atomic mass is 15.3. The molecule has 20 heavy (non-hydrogen) atoms. The second-order valence-corrected chi connectivity index (χ2v) is 5.65. The van der Waals surface area contributed by atoms with E-state index in [1.165, 1.54) is 29.7 Å². The van der Waals surface area contributed by atoms with Crippen LogP contribution in [0.5, 0.6) is 0 Å². The lowest BCUT2D eigenvalue weighted by atomic mass is 9.94. The Balaban J connectivity index is 1.86. The van der Waals surface area contributed by atoms with Crippen molar-refractivity contribution in [3.63, 3.8) is 0 Å². The van der Waals surface area contributed by atoms with Gasteiger partial charge in [-0.25, -0.2) is 0 Å². The van der Waals surface area contributed by atoms with Crippen LogP contribution < -0.4 is 5.32 Å². The summed E-state index contributed by atoms with van der Waals surface area (Å²) in [5.41, 5.74) is 5.07. The first-order chi connectivity index (χ1) is 9.78. The Labute approximate surface area is 121 Å². The van der Waals surface area contributed by atoms with Crippen LogP contribution in [0.2, 0.25) is 0 Å². The summed E-state index contributed by atoms with van der Waals surface area (Å²) in [6, 6.07) is 11.1. The molecule has 1 aliphatic heterocycles. The van der Waals surface area contributed by atoms with Crippen LogP contribution in [0.3, 0.4) is 0 Å². The second-order valence-electron chi connectivity index (χ2n) is 5.65. The third-order valence-electron chi connectivity index (χ3n) is 4.33. The first-order valence-corrected chi connectivity index (χ1v) is 7.62. The summed E-state index contributed by atoms with van der Waals surface area (Å²) in [6.45, 7) is 4.43. The van der Waals surface area contributed by atoms with E-state index in [2.05, 4.69) is 54.3 Å². The lowest BCUT2D eigenvalue weighted by Gasteiger charge is -2.22. The molecule has 1 fully saturated rings. The summed E-state index contributed by atoms with van der Waals surface area (Å²) >= 11 is 0. The average Bonchev–Trinajstić information content (AvgIpc) is 2.90. The summed E-state index contributed by atoms with van der Waals surface area (Å²) in [4.78, 5) is 0. The molecule has 2 aromatic rings. The molecule has 0 saturated carbocycles. The zero-order valence-corrected chi connectivity index (χ0v) is 12.4. The van der Waals surface area contributed by atoms with Gasteiger partial charge < -0.3 is 5.32 Å². The van der Waals surface area contributed by atoms with E-state index in [1.807, 2.05) is 0 Å². The molecule has 1 aliphatic rings. The predicted molar refractivity (Wildman–Crippen MR) is 82.9 cm³/mol. The summed E-state index contributed by atoms with van der Waals surface area (Å²) < 4.78 is 2.07. The Hall–Kier alpha value is -1.61. The van der Waals surface area contributed by atoms with Crippen molar-refractivity contribution >= 4 is 0 Å². The molecule has 0 bridgehead atoms. The molecule has 0 atom stereocenters. The van der Waals surface area contributed by atoms with Crippen LogP contribution in [0.4, 0.5) is 0 Å². The van der Waals surface area contributed by atoms with E-state index in [1.54, 1.807) is 0 Å². The normalized spacial score (nSPS) is 16.5. The third kappa shape index (κ3) is 2.63. The fourth-order valence-electron chi connectivity index (χ4n) is 3.03. The van der Waals surface area contributed by atoms with Gasteiger partial charge >= 0.3 is 0 Å². The number of aryl methyl sites for hydroxylation is 2. The zero-order valence-electron chi connectivity index (χ0n) is 12.4. The Bertz CT molecular complexity index is 562. The van der Waals surface area contributed by atoms with Crippen molar-refractivity contribution in [3.05, 3.63) is 41.6 Å². The minimum absolute atomic E-state index is 0.650. The van der Waals surface area contributed by atoms with Crippen molar-refractivity contribution < 1.29 is 0 Å². The molecule has 106 valence electrons. The largest absolute Gasteiger partial charge is 0.317 e. The monoisotopic (exact) mass is 269 g/mol. The molecule has 3 rings (SSSR count). The van der Waals surface area contributed by atoms with Crippen LogP contribution in [-0.4, -0.2) is 22.9 Å². The average molecular weight is 269 g/mol. The van der Waals surface area contributed by atoms with Crippen molar-refractivity contribution in [1.29, 1.82) is 0 Å². The van der Waals surface area contributed by atoms with Gasteiger partial charge in [0.05, 0.1) is 5.69 Å². The summed E-state index contributed by atoms with van der Waals surface area (Å²) in [5.74, 6) is 0.650. The van der Waals surface area contributed by atoms with E-state index in [-0.39, 0.29) is 0 Å². The van der Waals surface area contributed by atoms with Crippen LogP contribution in [0.1, 0.15) is 36.9 Å². The predicted octanol–water partition coefficient (Wildman–Crippen LogP) is 3.12. The van der Waals surface area contributed by atoms with Gasteiger partial charge in [-0.2, -0.15) is 5.10 Å². The Morgan fingerprint density at radius 2 is 1.90 bits per heavy atom. The van der Waals surface area contributed by atoms with Crippen LogP contribution in [0.15, 0.2) is 30.3 Å². The van der Waals surface area contributed by atoms with Crippen molar-refractivity contribution in [2.24, 2.45) is 7.05 Å². The lowest BCUT2D eigenvalue weighted by molar-refractivity contribution is 0.440. The first kappa shape index (κ1) is 13.4. The minimum Gasteiger partial charge on any atom is -0.317 e. The second kappa shape index (κ2) is 5.80. The molecule has 0 amide bonds. The molecule has 2 heterocycles. The lowest BCUT2D eigenvalue weighted by Crippen LogP contribution is -2.27. The van der Waals surface area contributed by atoms with Crippen molar-refractivity contribution in [1.82, 2.24) is 15.1 Å². The number of rotatable bonds is 3. The number of benzene rings is 1. The molecule has 0 aliphatic carbocycles. The van der Waals surface area contributed by atoms with E-state index in [9.17, 15) is 0 Å². The number of hydrogen-bond acceptors (Lipinski definition) is 2. The van der Waals surface area contributed by atoms with Gasteiger partial charge in [0.1, 0.15) is 0 Å². The number of nitrogens with one attached hydrogen (secondary N) is 1. The Kier molecular flexibility index (Phi) is 3.88. The van der Waals surface area contributed by atoms with Gasteiger partial charge in [0.25, 0.3) is 0 Å². The van der Waals surface area contributed by atoms with E-state index >= 15 is 0 Å². The van der Waals surface area contributed by atoms with Crippen LogP contribution in [0, 0.1) is 0 Å². The van der Waals surface area contributed by atoms with Gasteiger partial charge in [-0.15, -0.1) is 0 Å². The van der Waals surface area contributed by atoms with Crippen LogP contribution in [0.25, 0.3) is 11.3 Å². The highest BCUT2D eigenvalue weighted by Crippen LogP contribution is 2.28. The Morgan fingerprint density at radius 3 is 2.55 bits per heavy atom. The third-order valence-corrected chi connectivity index (χ3v) is 4.33. The highest BCUT2D eigenvalue weighted by Gasteiger charge is 2.19. The van der Waals surface area contributed by atoms with Gasteiger partial charge in [0.2, 0.25) is 0 Å². The van der Waals surface area contributed by atoms with Gasteiger partial charge in [0, 0.05) is 24.2 Å². The number of nitrogens with zero attached hydrogens (tertiary/aromatic N) is 2. The number of aromatic nitrogens is 2. The first-order valence-electron chi connectivity index (χ1n) is 7.62. The maximum absolute atomic E-state index is 4.71. The summed E-state index contributed by atoms with van der Waals surface area (Å²) in [5, 5.41) is 8.13. The standard InChI is InChI=1S/C17H23N3/c1-3-13-4-6-14(7-5-13)16-12-17(20(2)19-16)15-8-10-18-11-9-15/h4-7,12,15,18H,3,8-11H2,1-2H3. The highest BCUT2D eigenvalue weighted by molar-refractivity contribution is 5.60. The maximum Gasteiger partial charge on any atom is 0.0926 e. The summed E-state index contributed by atoms with van der Waals surface area (Å²) in [6.07, 6.45) is 3.52. The maximum atomic E-state index is 4.71. The quantitative estimate of drug-likeness (QED) is 0.928. The van der Waals surface area contributed by atoms with Crippen molar-refractivity contribution in [2.45, 2.75) is 32.1 Å². The molecule has 0 radical (unpaired) electrons. The molecular formula is C17H23N3. The van der Waals surface area contributed by atoms with E-state index < -0.39 is 0 Å². The van der Waals surface area contributed by atoms with E-state index in [4.69, 9.17) is 5.10 Å². The van der Waals surface area contributed by atoms with Crippen molar-refractivity contribution in [2.75, 3.05) is 13.1 Å². The molecule has 1 aromatic carbocycles. The fourth-order valence-corrected chi connectivity index (χ4v) is 3.03. The molecule has 1 N–H and O–H groups in total. The molecule has 0 spiro atoms.